The number of hydrogen-bond acceptors (Lipinski definition) is 3. The van der Waals surface area contributed by atoms with Crippen LogP contribution < -0.4 is 10.6 Å². The highest BCUT2D eigenvalue weighted by Crippen LogP contribution is 2.35. The van der Waals surface area contributed by atoms with E-state index >= 15 is 0 Å². The summed E-state index contributed by atoms with van der Waals surface area (Å²) in [7, 11) is 0. The van der Waals surface area contributed by atoms with E-state index in [1.807, 2.05) is 12.1 Å². The Morgan fingerprint density at radius 3 is 2.78 bits per heavy atom. The van der Waals surface area contributed by atoms with Gasteiger partial charge in [-0.25, -0.2) is 0 Å². The van der Waals surface area contributed by atoms with E-state index < -0.39 is 0 Å². The van der Waals surface area contributed by atoms with Crippen molar-refractivity contribution < 1.29 is 5.21 Å². The van der Waals surface area contributed by atoms with Gasteiger partial charge >= 0.3 is 0 Å². The van der Waals surface area contributed by atoms with Crippen molar-refractivity contribution in [2.75, 3.05) is 11.4 Å². The fourth-order valence-electron chi connectivity index (χ4n) is 2.40. The van der Waals surface area contributed by atoms with E-state index in [4.69, 9.17) is 10.9 Å². The second kappa shape index (κ2) is 5.29. The summed E-state index contributed by atoms with van der Waals surface area (Å²) in [5.41, 5.74) is 8.93. The maximum absolute atomic E-state index is 8.91. The zero-order valence-corrected chi connectivity index (χ0v) is 11.1. The van der Waals surface area contributed by atoms with Crippen LogP contribution in [-0.2, 0) is 0 Å². The third-order valence-electron chi connectivity index (χ3n) is 3.36. The van der Waals surface area contributed by atoms with E-state index in [2.05, 4.69) is 30.0 Å². The third-order valence-corrected chi connectivity index (χ3v) is 3.36. The van der Waals surface area contributed by atoms with Crippen LogP contribution in [0.4, 0.5) is 5.69 Å². The summed E-state index contributed by atoms with van der Waals surface area (Å²) in [6.45, 7) is 5.27. The Hall–Kier alpha value is -1.71. The smallest absolute Gasteiger partial charge is 0.172 e. The van der Waals surface area contributed by atoms with Crippen molar-refractivity contribution in [1.82, 2.24) is 0 Å². The monoisotopic (exact) mass is 247 g/mol. The molecule has 4 nitrogen and oxygen atoms in total. The summed E-state index contributed by atoms with van der Waals surface area (Å²) in [5.74, 6) is 0.190. The average Bonchev–Trinajstić information content (AvgIpc) is 3.19. The molecule has 0 atom stereocenters. The Kier molecular flexibility index (Phi) is 3.75. The maximum atomic E-state index is 8.91. The summed E-state index contributed by atoms with van der Waals surface area (Å²) in [4.78, 5) is 2.41. The number of hydrogen-bond donors (Lipinski definition) is 2. The standard InChI is InChI=1S/C14H21N3O/c1-3-9-17(11-7-8-11)13-10(2)5-4-6-12(13)14(15)16-18/h4-6,11,18H,3,7-9H2,1-2H3,(H2,15,16). The van der Waals surface area contributed by atoms with Gasteiger partial charge in [-0.05, 0) is 37.8 Å². The lowest BCUT2D eigenvalue weighted by molar-refractivity contribution is 0.318. The number of benzene rings is 1. The molecule has 0 heterocycles. The maximum Gasteiger partial charge on any atom is 0.172 e. The predicted octanol–water partition coefficient (Wildman–Crippen LogP) is 2.47. The van der Waals surface area contributed by atoms with Gasteiger partial charge in [0.1, 0.15) is 0 Å². The fraction of sp³-hybridized carbons (Fsp3) is 0.500. The highest BCUT2D eigenvalue weighted by Gasteiger charge is 2.31. The number of nitrogens with zero attached hydrogens (tertiary/aromatic N) is 2. The highest BCUT2D eigenvalue weighted by atomic mass is 16.4. The topological polar surface area (TPSA) is 61.8 Å². The van der Waals surface area contributed by atoms with E-state index in [1.165, 1.54) is 18.4 Å². The molecule has 1 aromatic carbocycles. The van der Waals surface area contributed by atoms with Crippen LogP contribution in [0.2, 0.25) is 0 Å². The zero-order chi connectivity index (χ0) is 13.1. The number of rotatable bonds is 5. The number of nitrogens with two attached hydrogens (primary N) is 1. The van der Waals surface area contributed by atoms with Gasteiger partial charge < -0.3 is 15.8 Å². The first-order chi connectivity index (χ1) is 8.69. The Bertz CT molecular complexity index is 452. The van der Waals surface area contributed by atoms with Gasteiger partial charge in [0.2, 0.25) is 0 Å². The molecular weight excluding hydrogens is 226 g/mol. The SMILES string of the molecule is CCCN(c1c(C)cccc1/C(N)=N/O)C1CC1. The van der Waals surface area contributed by atoms with Gasteiger partial charge in [-0.3, -0.25) is 0 Å². The van der Waals surface area contributed by atoms with Gasteiger partial charge in [0, 0.05) is 18.2 Å². The first-order valence-electron chi connectivity index (χ1n) is 6.53. The van der Waals surface area contributed by atoms with E-state index in [0.29, 0.717) is 6.04 Å². The second-order valence-electron chi connectivity index (χ2n) is 4.88. The van der Waals surface area contributed by atoms with Crippen LogP contribution in [0.3, 0.4) is 0 Å². The minimum absolute atomic E-state index is 0.190. The van der Waals surface area contributed by atoms with Crippen LogP contribution in [-0.4, -0.2) is 23.6 Å². The van der Waals surface area contributed by atoms with Crippen LogP contribution in [0, 0.1) is 6.92 Å². The second-order valence-corrected chi connectivity index (χ2v) is 4.88. The summed E-state index contributed by atoms with van der Waals surface area (Å²) < 4.78 is 0. The highest BCUT2D eigenvalue weighted by molar-refractivity contribution is 6.03. The molecule has 1 saturated carbocycles. The molecule has 1 fully saturated rings. The summed E-state index contributed by atoms with van der Waals surface area (Å²) in [5, 5.41) is 12.1. The molecule has 0 unspecified atom stereocenters. The number of amidine groups is 1. The molecule has 0 spiro atoms. The molecule has 4 heteroatoms. The van der Waals surface area contributed by atoms with E-state index in [9.17, 15) is 0 Å². The van der Waals surface area contributed by atoms with Crippen molar-refractivity contribution in [3.8, 4) is 0 Å². The van der Waals surface area contributed by atoms with Gasteiger partial charge in [0.05, 0.1) is 5.69 Å². The average molecular weight is 247 g/mol. The van der Waals surface area contributed by atoms with E-state index in [1.54, 1.807) is 0 Å². The Labute approximate surface area is 108 Å². The van der Waals surface area contributed by atoms with Crippen molar-refractivity contribution in [2.45, 2.75) is 39.2 Å². The number of para-hydroxylation sites is 1. The minimum atomic E-state index is 0.190. The van der Waals surface area contributed by atoms with E-state index in [0.717, 1.165) is 24.2 Å². The molecule has 0 aliphatic heterocycles. The Morgan fingerprint density at radius 1 is 1.50 bits per heavy atom. The molecule has 2 rings (SSSR count). The van der Waals surface area contributed by atoms with Gasteiger partial charge in [-0.2, -0.15) is 0 Å². The molecule has 0 saturated heterocycles. The molecule has 1 aromatic rings. The van der Waals surface area contributed by atoms with Gasteiger partial charge in [0.15, 0.2) is 5.84 Å². The predicted molar refractivity (Wildman–Crippen MR) is 74.3 cm³/mol. The van der Waals surface area contributed by atoms with Gasteiger partial charge in [-0.1, -0.05) is 24.2 Å². The van der Waals surface area contributed by atoms with Gasteiger partial charge in [-0.15, -0.1) is 0 Å². The van der Waals surface area contributed by atoms with Crippen molar-refractivity contribution >= 4 is 11.5 Å². The molecule has 0 bridgehead atoms. The lowest BCUT2D eigenvalue weighted by atomic mass is 10.1. The van der Waals surface area contributed by atoms with Crippen molar-refractivity contribution in [3.05, 3.63) is 29.3 Å². The lowest BCUT2D eigenvalue weighted by Crippen LogP contribution is -2.30. The molecule has 0 radical (unpaired) electrons. The van der Waals surface area contributed by atoms with Crippen molar-refractivity contribution in [3.63, 3.8) is 0 Å². The molecule has 1 aliphatic carbocycles. The zero-order valence-electron chi connectivity index (χ0n) is 11.1. The molecule has 98 valence electrons. The number of aryl methyl sites for hydroxylation is 1. The lowest BCUT2D eigenvalue weighted by Gasteiger charge is -2.28. The summed E-state index contributed by atoms with van der Waals surface area (Å²) >= 11 is 0. The van der Waals surface area contributed by atoms with Crippen LogP contribution in [0.25, 0.3) is 0 Å². The van der Waals surface area contributed by atoms with Crippen molar-refractivity contribution in [1.29, 1.82) is 0 Å². The normalized spacial score (nSPS) is 15.8. The van der Waals surface area contributed by atoms with E-state index in [-0.39, 0.29) is 5.84 Å². The van der Waals surface area contributed by atoms with Crippen molar-refractivity contribution in [2.24, 2.45) is 10.9 Å². The van der Waals surface area contributed by atoms with Crippen LogP contribution in [0.1, 0.15) is 37.3 Å². The number of anilines is 1. The fourth-order valence-corrected chi connectivity index (χ4v) is 2.40. The Balaban J connectivity index is 2.46. The molecule has 18 heavy (non-hydrogen) atoms. The quantitative estimate of drug-likeness (QED) is 0.363. The molecular formula is C14H21N3O. The first kappa shape index (κ1) is 12.7. The van der Waals surface area contributed by atoms with Gasteiger partial charge in [0.25, 0.3) is 0 Å². The molecule has 0 amide bonds. The number of oxime groups is 1. The molecule has 1 aliphatic rings. The third kappa shape index (κ3) is 2.42. The largest absolute Gasteiger partial charge is 0.409 e. The summed E-state index contributed by atoms with van der Waals surface area (Å²) in [6.07, 6.45) is 3.58. The minimum Gasteiger partial charge on any atom is -0.409 e. The van der Waals surface area contributed by atoms with Crippen LogP contribution in [0.5, 0.6) is 0 Å². The Morgan fingerprint density at radius 2 is 2.22 bits per heavy atom. The van der Waals surface area contributed by atoms with Crippen LogP contribution in [0.15, 0.2) is 23.4 Å². The molecule has 0 aromatic heterocycles. The summed E-state index contributed by atoms with van der Waals surface area (Å²) in [6, 6.07) is 6.57. The molecule has 3 N–H and O–H groups in total. The first-order valence-corrected chi connectivity index (χ1v) is 6.53. The van der Waals surface area contributed by atoms with Crippen LogP contribution >= 0.6 is 0 Å².